The van der Waals surface area contributed by atoms with E-state index in [1.807, 2.05) is 6.08 Å². The van der Waals surface area contributed by atoms with E-state index < -0.39 is 17.6 Å². The molecule has 0 unspecified atom stereocenters. The zero-order valence-electron chi connectivity index (χ0n) is 28.5. The van der Waals surface area contributed by atoms with Gasteiger partial charge in [0.2, 0.25) is 0 Å². The van der Waals surface area contributed by atoms with Crippen molar-refractivity contribution in [3.05, 3.63) is 109 Å². The van der Waals surface area contributed by atoms with Gasteiger partial charge in [-0.25, -0.2) is 0 Å². The van der Waals surface area contributed by atoms with Gasteiger partial charge < -0.3 is 20.1 Å². The lowest BCUT2D eigenvalue weighted by atomic mass is 9.73. The van der Waals surface area contributed by atoms with Crippen LogP contribution < -0.4 is 10.4 Å². The molecule has 47 heavy (non-hydrogen) atoms. The standard InChI is InChI=1S/C13H16O3.C11H14O2.2C8H12Si/c1-7(14)16-11-5-4-10(15)12-8-2-3-9(6-8)13(11)12;12-8-3-4-9(13)11-7-2-1-6(5-7)10(8)11;2*1-9(2)8-6-4-3-5-7-8/h2-5,8-13,15H,6H2,1H3;1-4,6-13H,5H2;2*3-7,9H,1-2H3/t8-,9+,10+,11-,12+,13-;6-,7+,8+,9-,10+,11-;;/m1.../s1. The Balaban J connectivity index is 0.000000127. The third-order valence-corrected chi connectivity index (χ3v) is 14.4. The normalized spacial score (nSPS) is 36.0. The van der Waals surface area contributed by atoms with Crippen LogP contribution in [0.15, 0.2) is 109 Å². The van der Waals surface area contributed by atoms with Crippen LogP contribution in [0.4, 0.5) is 0 Å². The topological polar surface area (TPSA) is 87.0 Å². The molecule has 8 rings (SSSR count). The number of carbonyl (C=O) groups excluding carboxylic acids is 1. The maximum Gasteiger partial charge on any atom is 0.303 e. The summed E-state index contributed by atoms with van der Waals surface area (Å²) in [4.78, 5) is 11.1. The maximum absolute atomic E-state index is 11.1. The molecule has 0 aromatic heterocycles. The Labute approximate surface area is 285 Å². The number of fused-ring (bicyclic) bond motifs is 10. The van der Waals surface area contributed by atoms with Crippen molar-refractivity contribution in [3.8, 4) is 0 Å². The van der Waals surface area contributed by atoms with Crippen molar-refractivity contribution in [1.29, 1.82) is 0 Å². The van der Waals surface area contributed by atoms with E-state index in [2.05, 4.69) is 111 Å². The molecule has 0 saturated heterocycles. The first-order chi connectivity index (χ1) is 22.5. The molecule has 0 radical (unpaired) electrons. The van der Waals surface area contributed by atoms with Crippen molar-refractivity contribution in [2.24, 2.45) is 47.3 Å². The number of aliphatic hydroxyl groups excluding tert-OH is 3. The molecule has 2 aromatic rings. The van der Waals surface area contributed by atoms with Gasteiger partial charge >= 0.3 is 5.97 Å². The predicted octanol–water partition coefficient (Wildman–Crippen LogP) is 4.76. The van der Waals surface area contributed by atoms with Crippen molar-refractivity contribution >= 4 is 33.9 Å². The molecule has 6 aliphatic carbocycles. The summed E-state index contributed by atoms with van der Waals surface area (Å²) in [6.45, 7) is 10.8. The van der Waals surface area contributed by atoms with Gasteiger partial charge in [-0.05, 0) is 42.6 Å². The lowest BCUT2D eigenvalue weighted by Crippen LogP contribution is -2.41. The highest BCUT2D eigenvalue weighted by Crippen LogP contribution is 2.54. The molecule has 0 aliphatic heterocycles. The van der Waals surface area contributed by atoms with Gasteiger partial charge in [0.25, 0.3) is 0 Å². The molecule has 6 aliphatic rings. The number of benzene rings is 2. The summed E-state index contributed by atoms with van der Waals surface area (Å²) in [6.07, 6.45) is 17.0. The molecule has 0 heterocycles. The van der Waals surface area contributed by atoms with Gasteiger partial charge in [0.15, 0.2) is 0 Å². The highest BCUT2D eigenvalue weighted by Gasteiger charge is 2.52. The minimum Gasteiger partial charge on any atom is -0.458 e. The third-order valence-electron chi connectivity index (χ3n) is 11.0. The second-order valence-electron chi connectivity index (χ2n) is 14.7. The number of allylic oxidation sites excluding steroid dienone is 4. The van der Waals surface area contributed by atoms with E-state index in [9.17, 15) is 20.1 Å². The molecule has 0 amide bonds. The second kappa shape index (κ2) is 16.1. The van der Waals surface area contributed by atoms with Crippen molar-refractivity contribution in [2.45, 2.75) is 70.4 Å². The smallest absolute Gasteiger partial charge is 0.303 e. The molecule has 2 saturated carbocycles. The summed E-state index contributed by atoms with van der Waals surface area (Å²) in [7, 11) is -1.06. The molecule has 2 aromatic carbocycles. The van der Waals surface area contributed by atoms with Gasteiger partial charge in [0.1, 0.15) is 6.10 Å². The molecule has 252 valence electrons. The van der Waals surface area contributed by atoms with E-state index in [-0.39, 0.29) is 54.1 Å². The Morgan fingerprint density at radius 1 is 0.553 bits per heavy atom. The zero-order chi connectivity index (χ0) is 33.7. The fraction of sp³-hybridized carbons (Fsp3) is 0.475. The Bertz CT molecular complexity index is 1350. The minimum absolute atomic E-state index is 0.147. The van der Waals surface area contributed by atoms with E-state index in [1.165, 1.54) is 6.92 Å². The Hall–Kier alpha value is -2.82. The summed E-state index contributed by atoms with van der Waals surface area (Å²) >= 11 is 0. The van der Waals surface area contributed by atoms with Crippen LogP contribution >= 0.6 is 0 Å². The van der Waals surface area contributed by atoms with Gasteiger partial charge in [-0.15, -0.1) is 0 Å². The molecular weight excluding hydrogens is 617 g/mol. The first-order valence-electron chi connectivity index (χ1n) is 17.6. The van der Waals surface area contributed by atoms with Crippen LogP contribution in [-0.2, 0) is 9.53 Å². The van der Waals surface area contributed by atoms with E-state index in [4.69, 9.17) is 4.74 Å². The second-order valence-corrected chi connectivity index (χ2v) is 20.6. The average molecular weight is 671 g/mol. The maximum atomic E-state index is 11.1. The van der Waals surface area contributed by atoms with Crippen molar-refractivity contribution in [1.82, 2.24) is 0 Å². The SMILES string of the molecule is CC(=O)O[C@@H]1C=C[C@H](O)[C@H]2[C@@H]1[C@H]1C=C[C@@H]2C1.C[SiH](C)c1ccccc1.C[SiH](C)c1ccccc1.O[C@@H]1C=C[C@H](O)[C@H]2[C@@H]1[C@H]1C=C[C@@H]2C1. The van der Waals surface area contributed by atoms with Crippen LogP contribution in [0.1, 0.15) is 19.8 Å². The number of aliphatic hydroxyl groups is 3. The summed E-state index contributed by atoms with van der Waals surface area (Å²) < 4.78 is 5.34. The minimum atomic E-state index is -0.529. The monoisotopic (exact) mass is 670 g/mol. The largest absolute Gasteiger partial charge is 0.458 e. The molecule has 7 heteroatoms. The van der Waals surface area contributed by atoms with Crippen LogP contribution in [0.3, 0.4) is 0 Å². The van der Waals surface area contributed by atoms with Gasteiger partial charge in [-0.3, -0.25) is 4.79 Å². The summed E-state index contributed by atoms with van der Waals surface area (Å²) in [5.74, 6) is 2.77. The van der Waals surface area contributed by atoms with E-state index in [1.54, 1.807) is 28.6 Å². The fourth-order valence-corrected chi connectivity index (χ4v) is 10.6. The summed E-state index contributed by atoms with van der Waals surface area (Å²) in [5, 5.41) is 32.7. The number of rotatable bonds is 3. The van der Waals surface area contributed by atoms with Crippen LogP contribution in [0.2, 0.25) is 26.2 Å². The van der Waals surface area contributed by atoms with Crippen molar-refractivity contribution in [3.63, 3.8) is 0 Å². The predicted molar refractivity (Wildman–Crippen MR) is 197 cm³/mol. The van der Waals surface area contributed by atoms with E-state index in [0.29, 0.717) is 23.7 Å². The highest BCUT2D eigenvalue weighted by molar-refractivity contribution is 6.71. The first-order valence-corrected chi connectivity index (χ1v) is 23.4. The van der Waals surface area contributed by atoms with Gasteiger partial charge in [0.05, 0.1) is 35.9 Å². The summed E-state index contributed by atoms with van der Waals surface area (Å²) in [5.41, 5.74) is 0. The number of hydrogen-bond acceptors (Lipinski definition) is 5. The number of hydrogen-bond donors (Lipinski definition) is 3. The molecule has 0 spiro atoms. The van der Waals surface area contributed by atoms with Gasteiger partial charge in [0, 0.05) is 30.6 Å². The Kier molecular flexibility index (Phi) is 12.1. The molecule has 3 N–H and O–H groups in total. The quantitative estimate of drug-likeness (QED) is 0.249. The lowest BCUT2D eigenvalue weighted by molar-refractivity contribution is -0.149. The molecular formula is C40H54O5Si2. The molecule has 2 fully saturated rings. The zero-order valence-corrected chi connectivity index (χ0v) is 30.9. The van der Waals surface area contributed by atoms with Crippen molar-refractivity contribution < 1.29 is 24.9 Å². The average Bonchev–Trinajstić information content (AvgIpc) is 3.89. The van der Waals surface area contributed by atoms with Crippen LogP contribution in [-0.4, -0.2) is 63.3 Å². The Morgan fingerprint density at radius 2 is 0.894 bits per heavy atom. The molecule has 12 atom stereocenters. The number of ether oxygens (including phenoxy) is 1. The lowest BCUT2D eigenvalue weighted by Gasteiger charge is -2.37. The fourth-order valence-electron chi connectivity index (χ4n) is 8.65. The Morgan fingerprint density at radius 3 is 1.23 bits per heavy atom. The highest BCUT2D eigenvalue weighted by atomic mass is 28.3. The van der Waals surface area contributed by atoms with E-state index in [0.717, 1.165) is 12.8 Å². The summed E-state index contributed by atoms with van der Waals surface area (Å²) in [6, 6.07) is 21.5. The van der Waals surface area contributed by atoms with Gasteiger partial charge in [-0.2, -0.15) is 0 Å². The number of carbonyl (C=O) groups is 1. The molecule has 5 nitrogen and oxygen atoms in total. The third kappa shape index (κ3) is 8.44. The van der Waals surface area contributed by atoms with Gasteiger partial charge in [-0.1, -0.05) is 140 Å². The number of esters is 1. The first kappa shape index (κ1) is 35.5. The van der Waals surface area contributed by atoms with E-state index >= 15 is 0 Å². The van der Waals surface area contributed by atoms with Crippen LogP contribution in [0.25, 0.3) is 0 Å². The van der Waals surface area contributed by atoms with Crippen molar-refractivity contribution in [2.75, 3.05) is 0 Å². The van der Waals surface area contributed by atoms with Crippen LogP contribution in [0, 0.1) is 47.3 Å². The molecule has 4 bridgehead atoms. The van der Waals surface area contributed by atoms with Crippen LogP contribution in [0.5, 0.6) is 0 Å².